The van der Waals surface area contributed by atoms with Crippen LogP contribution in [0.4, 0.5) is 36.2 Å². The number of anilines is 3. The quantitative estimate of drug-likeness (QED) is 0.406. The molecular weight excluding hydrogens is 375 g/mol. The molecule has 1 aromatic carbocycles. The highest BCUT2D eigenvalue weighted by molar-refractivity contribution is 5.75. The van der Waals surface area contributed by atoms with Gasteiger partial charge >= 0.3 is 11.9 Å². The Bertz CT molecular complexity index is 836. The minimum Gasteiger partial charge on any atom is -0.361 e. The molecule has 0 saturated heterocycles. The Labute approximate surface area is 159 Å². The number of nitro groups is 1. The van der Waals surface area contributed by atoms with Crippen LogP contribution in [0.5, 0.6) is 0 Å². The fraction of sp³-hybridized carbons (Fsp3) is 0.444. The van der Waals surface area contributed by atoms with Crippen LogP contribution in [-0.4, -0.2) is 20.9 Å². The number of rotatable bonds is 5. The van der Waals surface area contributed by atoms with E-state index in [1.54, 1.807) is 0 Å². The molecule has 2 N–H and O–H groups in total. The van der Waals surface area contributed by atoms with Crippen LogP contribution in [-0.2, 0) is 6.18 Å². The second kappa shape index (κ2) is 8.41. The van der Waals surface area contributed by atoms with Crippen LogP contribution in [0.2, 0.25) is 0 Å². The molecule has 1 aliphatic rings. The highest BCUT2D eigenvalue weighted by Crippen LogP contribution is 2.38. The zero-order valence-electron chi connectivity index (χ0n) is 15.0. The first-order valence-electron chi connectivity index (χ1n) is 9.05. The van der Waals surface area contributed by atoms with E-state index in [1.807, 2.05) is 0 Å². The summed E-state index contributed by atoms with van der Waals surface area (Å²) >= 11 is 0. The summed E-state index contributed by atoms with van der Waals surface area (Å²) in [6.07, 6.45) is 2.48. The fourth-order valence-electron chi connectivity index (χ4n) is 3.33. The lowest BCUT2D eigenvalue weighted by atomic mass is 10.1. The van der Waals surface area contributed by atoms with E-state index in [0.29, 0.717) is 0 Å². The van der Waals surface area contributed by atoms with Gasteiger partial charge in [0.05, 0.1) is 16.2 Å². The molecule has 0 atom stereocenters. The zero-order chi connectivity index (χ0) is 20.1. The molecular formula is C18H20F3N5O2. The molecule has 10 heteroatoms. The maximum absolute atomic E-state index is 13.2. The third-order valence-corrected chi connectivity index (χ3v) is 4.69. The van der Waals surface area contributed by atoms with E-state index < -0.39 is 22.4 Å². The van der Waals surface area contributed by atoms with E-state index in [2.05, 4.69) is 20.6 Å². The van der Waals surface area contributed by atoms with Gasteiger partial charge in [0.25, 0.3) is 0 Å². The molecule has 0 bridgehead atoms. The molecule has 0 unspecified atom stereocenters. The van der Waals surface area contributed by atoms with Crippen molar-refractivity contribution in [3.05, 3.63) is 46.3 Å². The van der Waals surface area contributed by atoms with Crippen LogP contribution in [0.25, 0.3) is 0 Å². The van der Waals surface area contributed by atoms with Crippen molar-refractivity contribution in [2.45, 2.75) is 50.7 Å². The van der Waals surface area contributed by atoms with Crippen molar-refractivity contribution in [2.24, 2.45) is 0 Å². The first-order chi connectivity index (χ1) is 13.4. The van der Waals surface area contributed by atoms with Gasteiger partial charge in [0.15, 0.2) is 0 Å². The van der Waals surface area contributed by atoms with Crippen molar-refractivity contribution < 1.29 is 18.1 Å². The summed E-state index contributed by atoms with van der Waals surface area (Å²) in [5.74, 6) is -0.272. The molecule has 0 spiro atoms. The molecule has 0 aliphatic heterocycles. The maximum Gasteiger partial charge on any atom is 0.418 e. The Hall–Kier alpha value is -2.91. The molecule has 1 saturated carbocycles. The van der Waals surface area contributed by atoms with Crippen molar-refractivity contribution in [1.29, 1.82) is 0 Å². The van der Waals surface area contributed by atoms with E-state index in [4.69, 9.17) is 0 Å². The third-order valence-electron chi connectivity index (χ3n) is 4.69. The number of alkyl halides is 3. The van der Waals surface area contributed by atoms with Gasteiger partial charge in [0.1, 0.15) is 6.33 Å². The number of nitrogens with one attached hydrogen (secondary N) is 2. The van der Waals surface area contributed by atoms with Gasteiger partial charge in [0, 0.05) is 6.04 Å². The van der Waals surface area contributed by atoms with Gasteiger partial charge in [-0.1, -0.05) is 37.8 Å². The summed E-state index contributed by atoms with van der Waals surface area (Å²) in [4.78, 5) is 18.8. The number of benzene rings is 1. The third kappa shape index (κ3) is 4.68. The number of para-hydroxylation sites is 1. The summed E-state index contributed by atoms with van der Waals surface area (Å²) in [5.41, 5.74) is -1.71. The average Bonchev–Trinajstić information content (AvgIpc) is 2.90. The first-order valence-corrected chi connectivity index (χ1v) is 9.05. The highest BCUT2D eigenvalue weighted by Gasteiger charge is 2.34. The Balaban J connectivity index is 1.93. The molecule has 1 fully saturated rings. The lowest BCUT2D eigenvalue weighted by Crippen LogP contribution is -2.20. The van der Waals surface area contributed by atoms with E-state index in [0.717, 1.165) is 50.9 Å². The van der Waals surface area contributed by atoms with Gasteiger partial charge in [-0.3, -0.25) is 10.1 Å². The second-order valence-corrected chi connectivity index (χ2v) is 6.68. The SMILES string of the molecule is O=[N+]([O-])c1c(Nc2ccccc2C(F)(F)F)ncnc1NC1CCCCCC1. The van der Waals surface area contributed by atoms with Crippen molar-refractivity contribution in [1.82, 2.24) is 9.97 Å². The normalized spacial score (nSPS) is 15.7. The summed E-state index contributed by atoms with van der Waals surface area (Å²) in [6, 6.07) is 4.80. The average molecular weight is 395 g/mol. The lowest BCUT2D eigenvalue weighted by Gasteiger charge is -2.18. The van der Waals surface area contributed by atoms with Crippen LogP contribution in [0.3, 0.4) is 0 Å². The van der Waals surface area contributed by atoms with Gasteiger partial charge in [0.2, 0.25) is 11.6 Å². The van der Waals surface area contributed by atoms with Crippen molar-refractivity contribution in [2.75, 3.05) is 10.6 Å². The molecule has 1 aromatic heterocycles. The summed E-state index contributed by atoms with van der Waals surface area (Å²) < 4.78 is 39.7. The Kier molecular flexibility index (Phi) is 5.96. The fourth-order valence-corrected chi connectivity index (χ4v) is 3.33. The number of nitrogens with zero attached hydrogens (tertiary/aromatic N) is 3. The Morgan fingerprint density at radius 2 is 1.68 bits per heavy atom. The second-order valence-electron chi connectivity index (χ2n) is 6.68. The minimum absolute atomic E-state index is 0.0129. The minimum atomic E-state index is -4.60. The molecule has 28 heavy (non-hydrogen) atoms. The predicted molar refractivity (Wildman–Crippen MR) is 98.5 cm³/mol. The topological polar surface area (TPSA) is 93.0 Å². The van der Waals surface area contributed by atoms with Crippen LogP contribution < -0.4 is 10.6 Å². The Morgan fingerprint density at radius 1 is 1.04 bits per heavy atom. The largest absolute Gasteiger partial charge is 0.418 e. The van der Waals surface area contributed by atoms with Crippen molar-refractivity contribution in [3.63, 3.8) is 0 Å². The lowest BCUT2D eigenvalue weighted by molar-refractivity contribution is -0.383. The van der Waals surface area contributed by atoms with Gasteiger partial charge in [-0.05, 0) is 25.0 Å². The molecule has 0 radical (unpaired) electrons. The standard InChI is InChI=1S/C18H20F3N5O2/c19-18(20,21)13-9-5-6-10-14(13)25-17-15(26(27)28)16(22-11-23-17)24-12-7-3-1-2-4-8-12/h5-6,9-12H,1-4,7-8H2,(H2,22,23,24,25). The van der Waals surface area contributed by atoms with Crippen LogP contribution >= 0.6 is 0 Å². The van der Waals surface area contributed by atoms with Crippen LogP contribution in [0.1, 0.15) is 44.1 Å². The number of hydrogen-bond donors (Lipinski definition) is 2. The van der Waals surface area contributed by atoms with E-state index in [-0.39, 0.29) is 23.4 Å². The van der Waals surface area contributed by atoms with Gasteiger partial charge in [-0.2, -0.15) is 13.2 Å². The first kappa shape index (κ1) is 19.8. The molecule has 0 amide bonds. The molecule has 2 aromatic rings. The van der Waals surface area contributed by atoms with Crippen molar-refractivity contribution in [3.8, 4) is 0 Å². The molecule has 3 rings (SSSR count). The molecule has 150 valence electrons. The smallest absolute Gasteiger partial charge is 0.361 e. The number of halogens is 3. The van der Waals surface area contributed by atoms with E-state index in [1.165, 1.54) is 18.2 Å². The molecule has 1 heterocycles. The summed E-state index contributed by atoms with van der Waals surface area (Å²) in [6.45, 7) is 0. The van der Waals surface area contributed by atoms with E-state index >= 15 is 0 Å². The summed E-state index contributed by atoms with van der Waals surface area (Å²) in [5, 5.41) is 17.2. The number of aromatic nitrogens is 2. The van der Waals surface area contributed by atoms with Crippen LogP contribution in [0.15, 0.2) is 30.6 Å². The summed E-state index contributed by atoms with van der Waals surface area (Å²) in [7, 11) is 0. The molecule has 1 aliphatic carbocycles. The molecule has 7 nitrogen and oxygen atoms in total. The monoisotopic (exact) mass is 395 g/mol. The van der Waals surface area contributed by atoms with Gasteiger partial charge < -0.3 is 10.6 Å². The highest BCUT2D eigenvalue weighted by atomic mass is 19.4. The van der Waals surface area contributed by atoms with Crippen LogP contribution in [0, 0.1) is 10.1 Å². The zero-order valence-corrected chi connectivity index (χ0v) is 15.0. The van der Waals surface area contributed by atoms with Gasteiger partial charge in [-0.15, -0.1) is 0 Å². The van der Waals surface area contributed by atoms with Crippen molar-refractivity contribution >= 4 is 23.0 Å². The van der Waals surface area contributed by atoms with E-state index in [9.17, 15) is 23.3 Å². The maximum atomic E-state index is 13.2. The van der Waals surface area contributed by atoms with Gasteiger partial charge in [-0.25, -0.2) is 9.97 Å². The number of hydrogen-bond acceptors (Lipinski definition) is 6. The Morgan fingerprint density at radius 3 is 2.32 bits per heavy atom. The predicted octanol–water partition coefficient (Wildman–Crippen LogP) is 5.28.